The fraction of sp³-hybridized carbons (Fsp3) is 0.364. The SMILES string of the molecule is C=CNC(/C=C(/C=C)N(C)C(C)C)=N/N. The van der Waals surface area contributed by atoms with Crippen LogP contribution in [0.5, 0.6) is 0 Å². The minimum atomic E-state index is 0.386. The van der Waals surface area contributed by atoms with Crippen molar-refractivity contribution in [3.63, 3.8) is 0 Å². The Morgan fingerprint density at radius 3 is 2.40 bits per heavy atom. The molecule has 15 heavy (non-hydrogen) atoms. The van der Waals surface area contributed by atoms with E-state index in [0.717, 1.165) is 5.70 Å². The number of hydrogen-bond acceptors (Lipinski definition) is 3. The van der Waals surface area contributed by atoms with Gasteiger partial charge in [0.1, 0.15) is 0 Å². The first-order valence-electron chi connectivity index (χ1n) is 4.79. The van der Waals surface area contributed by atoms with Crippen molar-refractivity contribution in [2.75, 3.05) is 7.05 Å². The number of hydrazone groups is 1. The summed E-state index contributed by atoms with van der Waals surface area (Å²) < 4.78 is 0. The van der Waals surface area contributed by atoms with Gasteiger partial charge >= 0.3 is 0 Å². The van der Waals surface area contributed by atoms with Crippen LogP contribution in [0.3, 0.4) is 0 Å². The van der Waals surface area contributed by atoms with Crippen LogP contribution in [0.1, 0.15) is 13.8 Å². The molecule has 0 saturated carbocycles. The molecular formula is C11H20N4. The molecule has 3 N–H and O–H groups in total. The van der Waals surface area contributed by atoms with Gasteiger partial charge in [0.05, 0.1) is 0 Å². The van der Waals surface area contributed by atoms with E-state index in [1.807, 2.05) is 13.1 Å². The fourth-order valence-electron chi connectivity index (χ4n) is 0.964. The quantitative estimate of drug-likeness (QED) is 0.236. The number of likely N-dealkylation sites (N-methyl/N-ethyl adjacent to an activating group) is 1. The summed E-state index contributed by atoms with van der Waals surface area (Å²) in [6.45, 7) is 11.5. The molecule has 0 aliphatic carbocycles. The topological polar surface area (TPSA) is 53.6 Å². The molecule has 0 amide bonds. The van der Waals surface area contributed by atoms with Crippen molar-refractivity contribution in [3.8, 4) is 0 Å². The number of nitrogens with two attached hydrogens (primary N) is 1. The minimum absolute atomic E-state index is 0.386. The van der Waals surface area contributed by atoms with Gasteiger partial charge in [-0.1, -0.05) is 13.2 Å². The Bertz CT molecular complexity index is 276. The van der Waals surface area contributed by atoms with Crippen LogP contribution in [0.15, 0.2) is 42.3 Å². The van der Waals surface area contributed by atoms with Crippen LogP contribution in [0, 0.1) is 0 Å². The molecule has 0 bridgehead atoms. The van der Waals surface area contributed by atoms with Gasteiger partial charge in [0.15, 0.2) is 5.84 Å². The van der Waals surface area contributed by atoms with E-state index in [1.165, 1.54) is 6.20 Å². The molecule has 84 valence electrons. The van der Waals surface area contributed by atoms with Crippen molar-refractivity contribution in [3.05, 3.63) is 37.2 Å². The second-order valence-electron chi connectivity index (χ2n) is 3.34. The Morgan fingerprint density at radius 1 is 1.47 bits per heavy atom. The molecule has 0 saturated heterocycles. The average Bonchev–Trinajstić information content (AvgIpc) is 2.23. The summed E-state index contributed by atoms with van der Waals surface area (Å²) in [6.07, 6.45) is 5.10. The number of nitrogens with one attached hydrogen (secondary N) is 1. The Hall–Kier alpha value is -1.71. The van der Waals surface area contributed by atoms with Gasteiger partial charge in [-0.15, -0.1) is 0 Å². The van der Waals surface area contributed by atoms with Gasteiger partial charge in [-0.3, -0.25) is 0 Å². The average molecular weight is 208 g/mol. The summed E-state index contributed by atoms with van der Waals surface area (Å²) in [5.74, 6) is 5.77. The molecule has 4 nitrogen and oxygen atoms in total. The minimum Gasteiger partial charge on any atom is -0.372 e. The van der Waals surface area contributed by atoms with E-state index in [2.05, 4.69) is 42.3 Å². The predicted molar refractivity (Wildman–Crippen MR) is 66.1 cm³/mol. The van der Waals surface area contributed by atoms with E-state index in [9.17, 15) is 0 Å². The Labute approximate surface area is 91.8 Å². The lowest BCUT2D eigenvalue weighted by atomic mass is 10.2. The van der Waals surface area contributed by atoms with Gasteiger partial charge < -0.3 is 16.1 Å². The van der Waals surface area contributed by atoms with Gasteiger partial charge in [-0.05, 0) is 26.1 Å². The van der Waals surface area contributed by atoms with Gasteiger partial charge in [0.2, 0.25) is 0 Å². The van der Waals surface area contributed by atoms with Crippen LogP contribution in [-0.2, 0) is 0 Å². The Kier molecular flexibility index (Phi) is 5.94. The standard InChI is InChI=1S/C11H20N4/c1-6-10(15(5)9(3)4)8-11(14-12)13-7-2/h6-9H,1-2,12H2,3-5H3,(H,13,14)/b10-8-. The van der Waals surface area contributed by atoms with Gasteiger partial charge in [0.25, 0.3) is 0 Å². The van der Waals surface area contributed by atoms with Crippen molar-refractivity contribution in [2.24, 2.45) is 10.9 Å². The summed E-state index contributed by atoms with van der Waals surface area (Å²) in [7, 11) is 1.99. The van der Waals surface area contributed by atoms with Crippen molar-refractivity contribution in [1.29, 1.82) is 0 Å². The Balaban J connectivity index is 4.85. The lowest BCUT2D eigenvalue weighted by molar-refractivity contribution is 0.355. The molecule has 0 spiro atoms. The molecule has 0 aromatic carbocycles. The molecule has 0 rings (SSSR count). The molecule has 0 radical (unpaired) electrons. The molecule has 4 heteroatoms. The van der Waals surface area contributed by atoms with Crippen LogP contribution in [0.2, 0.25) is 0 Å². The zero-order valence-electron chi connectivity index (χ0n) is 9.70. The normalized spacial score (nSPS) is 12.5. The molecule has 0 aromatic heterocycles. The van der Waals surface area contributed by atoms with E-state index >= 15 is 0 Å². The molecule has 0 aromatic rings. The van der Waals surface area contributed by atoms with E-state index in [0.29, 0.717) is 11.9 Å². The van der Waals surface area contributed by atoms with Crippen LogP contribution in [0.4, 0.5) is 0 Å². The maximum Gasteiger partial charge on any atom is 0.151 e. The van der Waals surface area contributed by atoms with Crippen LogP contribution in [-0.4, -0.2) is 23.8 Å². The second-order valence-corrected chi connectivity index (χ2v) is 3.34. The first-order chi connectivity index (χ1) is 7.06. The second kappa shape index (κ2) is 6.70. The van der Waals surface area contributed by atoms with Gasteiger partial charge in [-0.25, -0.2) is 0 Å². The number of amidine groups is 1. The van der Waals surface area contributed by atoms with Gasteiger partial charge in [-0.2, -0.15) is 5.10 Å². The maximum absolute atomic E-state index is 5.22. The van der Waals surface area contributed by atoms with E-state index in [-0.39, 0.29) is 0 Å². The van der Waals surface area contributed by atoms with Crippen LogP contribution >= 0.6 is 0 Å². The highest BCUT2D eigenvalue weighted by molar-refractivity contribution is 5.94. The molecular weight excluding hydrogens is 188 g/mol. The summed E-state index contributed by atoms with van der Waals surface area (Å²) in [6, 6.07) is 0.386. The summed E-state index contributed by atoms with van der Waals surface area (Å²) in [5.41, 5.74) is 0.948. The van der Waals surface area contributed by atoms with Crippen molar-refractivity contribution in [2.45, 2.75) is 19.9 Å². The third-order valence-electron chi connectivity index (χ3n) is 2.06. The third kappa shape index (κ3) is 4.35. The first kappa shape index (κ1) is 13.3. The first-order valence-corrected chi connectivity index (χ1v) is 4.79. The largest absolute Gasteiger partial charge is 0.372 e. The summed E-state index contributed by atoms with van der Waals surface area (Å²) >= 11 is 0. The van der Waals surface area contributed by atoms with E-state index in [4.69, 9.17) is 5.84 Å². The predicted octanol–water partition coefficient (Wildman–Crippen LogP) is 1.40. The molecule has 0 fully saturated rings. The lowest BCUT2D eigenvalue weighted by Gasteiger charge is -2.24. The zero-order valence-corrected chi connectivity index (χ0v) is 9.70. The van der Waals surface area contributed by atoms with Crippen molar-refractivity contribution < 1.29 is 0 Å². The fourth-order valence-corrected chi connectivity index (χ4v) is 0.964. The highest BCUT2D eigenvalue weighted by Crippen LogP contribution is 2.07. The number of nitrogens with zero attached hydrogens (tertiary/aromatic N) is 2. The highest BCUT2D eigenvalue weighted by Gasteiger charge is 2.05. The molecule has 0 atom stereocenters. The maximum atomic E-state index is 5.22. The van der Waals surface area contributed by atoms with E-state index in [1.54, 1.807) is 6.08 Å². The van der Waals surface area contributed by atoms with Gasteiger partial charge in [0, 0.05) is 24.9 Å². The van der Waals surface area contributed by atoms with E-state index < -0.39 is 0 Å². The molecule has 0 aliphatic heterocycles. The lowest BCUT2D eigenvalue weighted by Crippen LogP contribution is -2.27. The zero-order chi connectivity index (χ0) is 11.8. The van der Waals surface area contributed by atoms with Crippen molar-refractivity contribution >= 4 is 5.84 Å². The highest BCUT2D eigenvalue weighted by atomic mass is 15.2. The monoisotopic (exact) mass is 208 g/mol. The number of hydrogen-bond donors (Lipinski definition) is 2. The molecule has 0 unspecified atom stereocenters. The molecule has 0 aliphatic rings. The summed E-state index contributed by atoms with van der Waals surface area (Å²) in [4.78, 5) is 2.07. The molecule has 0 heterocycles. The smallest absolute Gasteiger partial charge is 0.151 e. The summed E-state index contributed by atoms with van der Waals surface area (Å²) in [5, 5.41) is 6.42. The van der Waals surface area contributed by atoms with Crippen molar-refractivity contribution in [1.82, 2.24) is 10.2 Å². The van der Waals surface area contributed by atoms with Crippen LogP contribution < -0.4 is 11.2 Å². The van der Waals surface area contributed by atoms with Crippen LogP contribution in [0.25, 0.3) is 0 Å². The number of allylic oxidation sites excluding steroid dienone is 1. The third-order valence-corrected chi connectivity index (χ3v) is 2.06. The Morgan fingerprint density at radius 2 is 2.07 bits per heavy atom. The number of rotatable bonds is 5.